The van der Waals surface area contributed by atoms with Crippen LogP contribution >= 0.6 is 11.8 Å². The molecule has 0 spiro atoms. The Morgan fingerprint density at radius 3 is 2.89 bits per heavy atom. The first-order chi connectivity index (χ1) is 9.04. The van der Waals surface area contributed by atoms with Crippen LogP contribution in [0.2, 0.25) is 0 Å². The first-order valence-electron chi connectivity index (χ1n) is 5.98. The summed E-state index contributed by atoms with van der Waals surface area (Å²) >= 11 is 1.73. The van der Waals surface area contributed by atoms with Gasteiger partial charge in [-0.1, -0.05) is 13.0 Å². The van der Waals surface area contributed by atoms with E-state index >= 15 is 0 Å². The summed E-state index contributed by atoms with van der Waals surface area (Å²) in [5, 5.41) is 9.11. The van der Waals surface area contributed by atoms with Crippen LogP contribution in [0, 0.1) is 5.92 Å². The summed E-state index contributed by atoms with van der Waals surface area (Å²) in [4.78, 5) is 25.7. The number of imidazole rings is 1. The van der Waals surface area contributed by atoms with Gasteiger partial charge >= 0.3 is 11.7 Å². The fourth-order valence-corrected chi connectivity index (χ4v) is 2.86. The fraction of sp³-hybridized carbons (Fsp3) is 0.385. The van der Waals surface area contributed by atoms with E-state index in [9.17, 15) is 9.59 Å². The first kappa shape index (κ1) is 13.7. The van der Waals surface area contributed by atoms with Crippen molar-refractivity contribution < 1.29 is 9.90 Å². The molecule has 0 saturated carbocycles. The van der Waals surface area contributed by atoms with Gasteiger partial charge in [-0.2, -0.15) is 11.8 Å². The van der Waals surface area contributed by atoms with Crippen molar-refractivity contribution >= 4 is 28.8 Å². The Balaban J connectivity index is 2.51. The summed E-state index contributed by atoms with van der Waals surface area (Å²) in [7, 11) is 0. The van der Waals surface area contributed by atoms with Crippen molar-refractivity contribution in [2.24, 2.45) is 5.92 Å². The van der Waals surface area contributed by atoms with Crippen molar-refractivity contribution in [3.8, 4) is 0 Å². The number of hydrogen-bond acceptors (Lipinski definition) is 3. The van der Waals surface area contributed by atoms with E-state index in [0.717, 1.165) is 5.75 Å². The lowest BCUT2D eigenvalue weighted by atomic mass is 10.1. The number of para-hydroxylation sites is 1. The van der Waals surface area contributed by atoms with Crippen LogP contribution in [0.15, 0.2) is 23.0 Å². The summed E-state index contributed by atoms with van der Waals surface area (Å²) in [6.45, 7) is 2.66. The van der Waals surface area contributed by atoms with E-state index < -0.39 is 5.97 Å². The van der Waals surface area contributed by atoms with Gasteiger partial charge in [0.1, 0.15) is 0 Å². The molecule has 0 aliphatic carbocycles. The van der Waals surface area contributed by atoms with Gasteiger partial charge in [0.2, 0.25) is 0 Å². The van der Waals surface area contributed by atoms with Gasteiger partial charge in [0, 0.05) is 6.54 Å². The van der Waals surface area contributed by atoms with E-state index in [1.807, 2.05) is 6.26 Å². The van der Waals surface area contributed by atoms with Crippen molar-refractivity contribution in [2.75, 3.05) is 12.0 Å². The van der Waals surface area contributed by atoms with Crippen molar-refractivity contribution in [1.82, 2.24) is 9.55 Å². The van der Waals surface area contributed by atoms with Crippen LogP contribution in [0.1, 0.15) is 17.3 Å². The van der Waals surface area contributed by atoms with Crippen LogP contribution in [-0.2, 0) is 6.54 Å². The number of carbonyl (C=O) groups is 1. The second kappa shape index (κ2) is 5.52. The van der Waals surface area contributed by atoms with Gasteiger partial charge in [-0.15, -0.1) is 0 Å². The zero-order chi connectivity index (χ0) is 14.0. The summed E-state index contributed by atoms with van der Waals surface area (Å²) in [5.41, 5.74) is 0.928. The van der Waals surface area contributed by atoms with Crippen LogP contribution in [0.4, 0.5) is 0 Å². The lowest BCUT2D eigenvalue weighted by molar-refractivity contribution is 0.0699. The van der Waals surface area contributed by atoms with Crippen LogP contribution in [-0.4, -0.2) is 32.6 Å². The van der Waals surface area contributed by atoms with Crippen molar-refractivity contribution in [1.29, 1.82) is 0 Å². The minimum Gasteiger partial charge on any atom is -0.478 e. The van der Waals surface area contributed by atoms with E-state index in [4.69, 9.17) is 5.11 Å². The second-order valence-electron chi connectivity index (χ2n) is 4.61. The van der Waals surface area contributed by atoms with Crippen LogP contribution < -0.4 is 5.69 Å². The van der Waals surface area contributed by atoms with Crippen molar-refractivity contribution in [3.63, 3.8) is 0 Å². The maximum Gasteiger partial charge on any atom is 0.337 e. The molecule has 0 fully saturated rings. The Morgan fingerprint density at radius 2 is 2.26 bits per heavy atom. The number of carboxylic acids is 1. The Bertz CT molecular complexity index is 659. The van der Waals surface area contributed by atoms with E-state index in [2.05, 4.69) is 11.9 Å². The molecule has 1 aromatic carbocycles. The Labute approximate surface area is 114 Å². The van der Waals surface area contributed by atoms with Gasteiger partial charge in [0.25, 0.3) is 0 Å². The third-order valence-corrected chi connectivity index (χ3v) is 3.89. The van der Waals surface area contributed by atoms with E-state index in [-0.39, 0.29) is 11.3 Å². The van der Waals surface area contributed by atoms with E-state index in [0.29, 0.717) is 23.5 Å². The molecule has 102 valence electrons. The molecule has 5 nitrogen and oxygen atoms in total. The molecule has 2 N–H and O–H groups in total. The van der Waals surface area contributed by atoms with Crippen LogP contribution in [0.5, 0.6) is 0 Å². The zero-order valence-electron chi connectivity index (χ0n) is 10.8. The number of H-pyrrole nitrogens is 1. The number of aromatic nitrogens is 2. The predicted octanol–water partition coefficient (Wildman–Crippen LogP) is 2.03. The fourth-order valence-electron chi connectivity index (χ4n) is 2.19. The molecule has 0 saturated heterocycles. The largest absolute Gasteiger partial charge is 0.478 e. The number of benzene rings is 1. The zero-order valence-corrected chi connectivity index (χ0v) is 11.7. The minimum atomic E-state index is -1.03. The smallest absolute Gasteiger partial charge is 0.337 e. The molecule has 1 unspecified atom stereocenters. The number of rotatable bonds is 5. The normalized spacial score (nSPS) is 12.7. The van der Waals surface area contributed by atoms with Gasteiger partial charge in [-0.05, 0) is 30.1 Å². The van der Waals surface area contributed by atoms with E-state index in [1.54, 1.807) is 28.5 Å². The molecular formula is C13H16N2O3S. The van der Waals surface area contributed by atoms with Gasteiger partial charge in [-0.3, -0.25) is 4.57 Å². The number of aromatic amines is 1. The average molecular weight is 280 g/mol. The maximum absolute atomic E-state index is 12.0. The first-order valence-corrected chi connectivity index (χ1v) is 7.37. The monoisotopic (exact) mass is 280 g/mol. The summed E-state index contributed by atoms with van der Waals surface area (Å²) in [5.74, 6) is 0.272. The molecule has 2 rings (SSSR count). The highest BCUT2D eigenvalue weighted by molar-refractivity contribution is 7.98. The van der Waals surface area contributed by atoms with Gasteiger partial charge in [-0.25, -0.2) is 9.59 Å². The molecule has 1 atom stereocenters. The molecule has 2 aromatic rings. The van der Waals surface area contributed by atoms with Crippen LogP contribution in [0.25, 0.3) is 11.0 Å². The molecule has 6 heteroatoms. The molecule has 0 aliphatic heterocycles. The standard InChI is InChI=1S/C13H16N2O3S/c1-8(7-19-2)6-15-10-5-3-4-9(12(16)17)11(10)14-13(15)18/h3-5,8H,6-7H2,1-2H3,(H,14,18)(H,16,17). The number of fused-ring (bicyclic) bond motifs is 1. The van der Waals surface area contributed by atoms with Crippen molar-refractivity contribution in [3.05, 3.63) is 34.2 Å². The Kier molecular flexibility index (Phi) is 3.99. The number of thioether (sulfide) groups is 1. The second-order valence-corrected chi connectivity index (χ2v) is 5.52. The molecule has 19 heavy (non-hydrogen) atoms. The maximum atomic E-state index is 12.0. The SMILES string of the molecule is CSCC(C)Cn1c(=O)[nH]c2c(C(=O)O)cccc21. The third kappa shape index (κ3) is 2.68. The average Bonchev–Trinajstić information content (AvgIpc) is 2.66. The molecular weight excluding hydrogens is 264 g/mol. The number of nitrogens with zero attached hydrogens (tertiary/aromatic N) is 1. The van der Waals surface area contributed by atoms with Gasteiger partial charge in [0.15, 0.2) is 0 Å². The number of aromatic carboxylic acids is 1. The highest BCUT2D eigenvalue weighted by Crippen LogP contribution is 2.17. The predicted molar refractivity (Wildman–Crippen MR) is 77.1 cm³/mol. The Morgan fingerprint density at radius 1 is 1.53 bits per heavy atom. The lowest BCUT2D eigenvalue weighted by Gasteiger charge is -2.10. The Hall–Kier alpha value is -1.69. The van der Waals surface area contributed by atoms with Gasteiger partial charge in [0.05, 0.1) is 16.6 Å². The third-order valence-electron chi connectivity index (χ3n) is 2.99. The van der Waals surface area contributed by atoms with Crippen molar-refractivity contribution in [2.45, 2.75) is 13.5 Å². The number of carboxylic acid groups (broad SMARTS) is 1. The highest BCUT2D eigenvalue weighted by Gasteiger charge is 2.15. The highest BCUT2D eigenvalue weighted by atomic mass is 32.2. The topological polar surface area (TPSA) is 75.1 Å². The lowest BCUT2D eigenvalue weighted by Crippen LogP contribution is -2.21. The molecule has 0 bridgehead atoms. The molecule has 0 amide bonds. The molecule has 1 heterocycles. The molecule has 1 aromatic heterocycles. The quantitative estimate of drug-likeness (QED) is 0.878. The summed E-state index contributed by atoms with van der Waals surface area (Å²) in [6.07, 6.45) is 2.02. The van der Waals surface area contributed by atoms with E-state index in [1.165, 1.54) is 6.07 Å². The summed E-state index contributed by atoms with van der Waals surface area (Å²) in [6, 6.07) is 4.93. The van der Waals surface area contributed by atoms with Gasteiger partial charge < -0.3 is 10.1 Å². The summed E-state index contributed by atoms with van der Waals surface area (Å²) < 4.78 is 1.61. The number of nitrogens with one attached hydrogen (secondary N) is 1. The minimum absolute atomic E-state index is 0.130. The number of hydrogen-bond donors (Lipinski definition) is 2. The molecule has 0 radical (unpaired) electrons. The molecule has 0 aliphatic rings. The van der Waals surface area contributed by atoms with Crippen LogP contribution in [0.3, 0.4) is 0 Å².